The summed E-state index contributed by atoms with van der Waals surface area (Å²) in [6.07, 6.45) is -2.70. The van der Waals surface area contributed by atoms with E-state index in [1.54, 1.807) is 5.32 Å². The molecule has 0 atom stereocenters. The van der Waals surface area contributed by atoms with E-state index in [4.69, 9.17) is 4.74 Å². The first kappa shape index (κ1) is 18.5. The highest BCUT2D eigenvalue weighted by Crippen LogP contribution is 2.31. The van der Waals surface area contributed by atoms with Crippen LogP contribution in [-0.2, 0) is 14.8 Å². The lowest BCUT2D eigenvalue weighted by molar-refractivity contribution is -0.167. The van der Waals surface area contributed by atoms with Gasteiger partial charge in [-0.1, -0.05) is 6.42 Å². The molecule has 134 valence electrons. The highest BCUT2D eigenvalue weighted by atomic mass is 32.2. The van der Waals surface area contributed by atoms with Crippen molar-refractivity contribution < 1.29 is 31.1 Å². The average Bonchev–Trinajstić information content (AvgIpc) is 2.54. The molecule has 1 aromatic rings. The molecule has 1 N–H and O–H groups in total. The van der Waals surface area contributed by atoms with E-state index in [0.717, 1.165) is 25.3 Å². The quantitative estimate of drug-likeness (QED) is 0.888. The number of amides is 1. The molecule has 0 saturated carbocycles. The number of hydrogen-bond donors (Lipinski definition) is 1. The molecule has 10 heteroatoms. The van der Waals surface area contributed by atoms with Crippen molar-refractivity contribution in [3.05, 3.63) is 18.2 Å². The monoisotopic (exact) mass is 366 g/mol. The summed E-state index contributed by atoms with van der Waals surface area (Å²) in [7, 11) is -2.63. The molecule has 1 aliphatic rings. The second-order valence-electron chi connectivity index (χ2n) is 5.28. The van der Waals surface area contributed by atoms with Crippen molar-refractivity contribution in [2.45, 2.75) is 30.3 Å². The molecule has 1 saturated heterocycles. The minimum absolute atomic E-state index is 0.0646. The van der Waals surface area contributed by atoms with Gasteiger partial charge in [-0.2, -0.15) is 17.5 Å². The first-order valence-electron chi connectivity index (χ1n) is 7.22. The number of carbonyl (C=O) groups excluding carboxylic acids is 1. The third kappa shape index (κ3) is 3.99. The molecule has 24 heavy (non-hydrogen) atoms. The lowest BCUT2D eigenvalue weighted by atomic mass is 10.2. The van der Waals surface area contributed by atoms with Gasteiger partial charge in [0.1, 0.15) is 5.75 Å². The molecule has 1 fully saturated rings. The minimum atomic E-state index is -5.09. The Kier molecular flexibility index (Phi) is 5.38. The van der Waals surface area contributed by atoms with E-state index in [2.05, 4.69) is 0 Å². The molecule has 0 aliphatic carbocycles. The molecule has 1 amide bonds. The van der Waals surface area contributed by atoms with Crippen molar-refractivity contribution in [1.29, 1.82) is 0 Å². The minimum Gasteiger partial charge on any atom is -0.495 e. The zero-order chi connectivity index (χ0) is 18.0. The Balaban J connectivity index is 2.35. The number of nitrogens with zero attached hydrogens (tertiary/aromatic N) is 1. The van der Waals surface area contributed by atoms with Crippen LogP contribution in [0.15, 0.2) is 23.1 Å². The Hall–Kier alpha value is -1.81. The van der Waals surface area contributed by atoms with Gasteiger partial charge in [-0.25, -0.2) is 8.42 Å². The smallest absolute Gasteiger partial charge is 0.471 e. The Morgan fingerprint density at radius 1 is 1.21 bits per heavy atom. The molecule has 6 nitrogen and oxygen atoms in total. The predicted molar refractivity (Wildman–Crippen MR) is 80.3 cm³/mol. The maximum Gasteiger partial charge on any atom is 0.471 e. The summed E-state index contributed by atoms with van der Waals surface area (Å²) < 4.78 is 68.6. The topological polar surface area (TPSA) is 75.7 Å². The van der Waals surface area contributed by atoms with E-state index in [1.165, 1.54) is 23.5 Å². The van der Waals surface area contributed by atoms with E-state index in [1.807, 2.05) is 0 Å². The van der Waals surface area contributed by atoms with Gasteiger partial charge < -0.3 is 10.1 Å². The molecular formula is C14H17F3N2O4S. The number of anilines is 1. The van der Waals surface area contributed by atoms with Crippen LogP contribution >= 0.6 is 0 Å². The van der Waals surface area contributed by atoms with Crippen molar-refractivity contribution in [3.63, 3.8) is 0 Å². The normalized spacial score (nSPS) is 16.7. The van der Waals surface area contributed by atoms with Crippen LogP contribution in [0.3, 0.4) is 0 Å². The molecule has 1 aliphatic heterocycles. The predicted octanol–water partition coefficient (Wildman–Crippen LogP) is 2.37. The second-order valence-corrected chi connectivity index (χ2v) is 7.22. The van der Waals surface area contributed by atoms with E-state index >= 15 is 0 Å². The average molecular weight is 366 g/mol. The molecule has 1 heterocycles. The summed E-state index contributed by atoms with van der Waals surface area (Å²) in [5.74, 6) is -2.27. The summed E-state index contributed by atoms with van der Waals surface area (Å²) in [6.45, 7) is 0.719. The second kappa shape index (κ2) is 6.98. The van der Waals surface area contributed by atoms with Gasteiger partial charge in [0.05, 0.1) is 17.7 Å². The van der Waals surface area contributed by atoms with Crippen molar-refractivity contribution in [3.8, 4) is 5.75 Å². The number of rotatable bonds is 4. The zero-order valence-electron chi connectivity index (χ0n) is 12.9. The SMILES string of the molecule is COc1ccc(S(=O)(=O)N2CCCCC2)cc1NC(=O)C(F)(F)F. The number of benzene rings is 1. The van der Waals surface area contributed by atoms with Gasteiger partial charge in [0, 0.05) is 13.1 Å². The molecule has 0 unspecified atom stereocenters. The van der Waals surface area contributed by atoms with Crippen LogP contribution < -0.4 is 10.1 Å². The number of ether oxygens (including phenoxy) is 1. The third-order valence-electron chi connectivity index (χ3n) is 3.63. The lowest BCUT2D eigenvalue weighted by Gasteiger charge is -2.26. The molecule has 0 radical (unpaired) electrons. The number of nitrogens with one attached hydrogen (secondary N) is 1. The van der Waals surface area contributed by atoms with Crippen LogP contribution in [0.1, 0.15) is 19.3 Å². The lowest BCUT2D eigenvalue weighted by Crippen LogP contribution is -2.35. The maximum absolute atomic E-state index is 12.6. The Bertz CT molecular complexity index is 713. The number of halogens is 3. The van der Waals surface area contributed by atoms with Crippen molar-refractivity contribution >= 4 is 21.6 Å². The molecule has 0 aromatic heterocycles. The van der Waals surface area contributed by atoms with Gasteiger partial charge in [0.25, 0.3) is 0 Å². The van der Waals surface area contributed by atoms with Crippen LogP contribution in [0, 0.1) is 0 Å². The van der Waals surface area contributed by atoms with E-state index in [9.17, 15) is 26.4 Å². The number of hydrogen-bond acceptors (Lipinski definition) is 4. The van der Waals surface area contributed by atoms with E-state index in [-0.39, 0.29) is 16.3 Å². The summed E-state index contributed by atoms with van der Waals surface area (Å²) in [4.78, 5) is 10.9. The highest BCUT2D eigenvalue weighted by Gasteiger charge is 2.39. The Morgan fingerprint density at radius 3 is 2.38 bits per heavy atom. The molecular weight excluding hydrogens is 349 g/mol. The third-order valence-corrected chi connectivity index (χ3v) is 5.52. The van der Waals surface area contributed by atoms with Gasteiger partial charge in [-0.15, -0.1) is 0 Å². The molecule has 1 aromatic carbocycles. The number of methoxy groups -OCH3 is 1. The number of carbonyl (C=O) groups is 1. The first-order valence-corrected chi connectivity index (χ1v) is 8.66. The van der Waals surface area contributed by atoms with Crippen LogP contribution in [0.5, 0.6) is 5.75 Å². The fourth-order valence-corrected chi connectivity index (χ4v) is 3.94. The van der Waals surface area contributed by atoms with Crippen LogP contribution in [-0.4, -0.2) is 45.0 Å². The van der Waals surface area contributed by atoms with Crippen LogP contribution in [0.2, 0.25) is 0 Å². The van der Waals surface area contributed by atoms with Gasteiger partial charge in [-0.3, -0.25) is 4.79 Å². The van der Waals surface area contributed by atoms with Crippen molar-refractivity contribution in [1.82, 2.24) is 4.31 Å². The van der Waals surface area contributed by atoms with E-state index < -0.39 is 22.1 Å². The van der Waals surface area contributed by atoms with E-state index in [0.29, 0.717) is 13.1 Å². The van der Waals surface area contributed by atoms with Crippen molar-refractivity contribution in [2.24, 2.45) is 0 Å². The van der Waals surface area contributed by atoms with Gasteiger partial charge in [0.15, 0.2) is 0 Å². The number of piperidine rings is 1. The summed E-state index contributed by atoms with van der Waals surface area (Å²) in [5.41, 5.74) is -0.349. The largest absolute Gasteiger partial charge is 0.495 e. The molecule has 0 bridgehead atoms. The van der Waals surface area contributed by atoms with Gasteiger partial charge in [-0.05, 0) is 31.0 Å². The summed E-state index contributed by atoms with van der Waals surface area (Å²) in [6, 6.07) is 3.43. The van der Waals surface area contributed by atoms with Crippen LogP contribution in [0.25, 0.3) is 0 Å². The number of alkyl halides is 3. The van der Waals surface area contributed by atoms with Gasteiger partial charge >= 0.3 is 12.1 Å². The molecule has 2 rings (SSSR count). The Morgan fingerprint density at radius 2 is 1.83 bits per heavy atom. The fourth-order valence-electron chi connectivity index (χ4n) is 2.39. The summed E-state index contributed by atoms with van der Waals surface area (Å²) in [5, 5.41) is 1.64. The van der Waals surface area contributed by atoms with Gasteiger partial charge in [0.2, 0.25) is 10.0 Å². The molecule has 0 spiro atoms. The standard InChI is InChI=1S/C14H17F3N2O4S/c1-23-12-6-5-10(9-11(12)18-13(20)14(15,16)17)24(21,22)19-7-3-2-4-8-19/h5-6,9H,2-4,7-8H2,1H3,(H,18,20). The van der Waals surface area contributed by atoms with Crippen LogP contribution in [0.4, 0.5) is 18.9 Å². The highest BCUT2D eigenvalue weighted by molar-refractivity contribution is 7.89. The number of sulfonamides is 1. The fraction of sp³-hybridized carbons (Fsp3) is 0.500. The first-order chi connectivity index (χ1) is 11.2. The van der Waals surface area contributed by atoms with Crippen molar-refractivity contribution in [2.75, 3.05) is 25.5 Å². The summed E-state index contributed by atoms with van der Waals surface area (Å²) >= 11 is 0. The Labute approximate surface area is 137 Å². The zero-order valence-corrected chi connectivity index (χ0v) is 13.7. The maximum atomic E-state index is 12.6.